The first-order valence-electron chi connectivity index (χ1n) is 15.1. The van der Waals surface area contributed by atoms with Crippen molar-refractivity contribution in [3.05, 3.63) is 79.9 Å². The Kier molecular flexibility index (Phi) is 8.19. The van der Waals surface area contributed by atoms with E-state index in [0.717, 1.165) is 7.25 Å². The third kappa shape index (κ3) is 4.35. The predicted octanol–water partition coefficient (Wildman–Crippen LogP) is 3.63. The summed E-state index contributed by atoms with van der Waals surface area (Å²) in [5, 5.41) is 0. The van der Waals surface area contributed by atoms with Crippen LogP contribution in [0.4, 0.5) is 0 Å². The number of hydrogen-bond acceptors (Lipinski definition) is 0. The smallest absolute Gasteiger partial charge is 1.00 e. The van der Waals surface area contributed by atoms with Crippen LogP contribution in [0.2, 0.25) is 13.1 Å². The van der Waals surface area contributed by atoms with E-state index in [2.05, 4.69) is 119 Å². The van der Waals surface area contributed by atoms with E-state index in [1.807, 2.05) is 0 Å². The van der Waals surface area contributed by atoms with Gasteiger partial charge in [0, 0.05) is 0 Å². The molecule has 4 aliphatic rings. The molecule has 0 radical (unpaired) electrons. The zero-order valence-electron chi connectivity index (χ0n) is 26.9. The van der Waals surface area contributed by atoms with E-state index in [4.69, 9.17) is 0 Å². The summed E-state index contributed by atoms with van der Waals surface area (Å²) >= 11 is -1.97. The van der Waals surface area contributed by atoms with Gasteiger partial charge in [0.15, 0.2) is 0 Å². The summed E-state index contributed by atoms with van der Waals surface area (Å²) in [6, 6.07) is 10.7. The van der Waals surface area contributed by atoms with Gasteiger partial charge < -0.3 is 24.8 Å². The largest absolute Gasteiger partial charge is 1.00 e. The van der Waals surface area contributed by atoms with Crippen LogP contribution in [-0.4, -0.2) is 5.92 Å². The molecular weight excluding hydrogens is 623 g/mol. The van der Waals surface area contributed by atoms with Crippen molar-refractivity contribution >= 4 is 18.1 Å². The third-order valence-corrected chi connectivity index (χ3v) is 34.4. The van der Waals surface area contributed by atoms with Gasteiger partial charge in [0.05, 0.1) is 0 Å². The Labute approximate surface area is 266 Å². The maximum atomic E-state index is 2.71. The fraction of sp³-hybridized carbons (Fsp3) is 0.556. The zero-order valence-corrected chi connectivity index (χ0v) is 32.0. The molecule has 4 aliphatic carbocycles. The van der Waals surface area contributed by atoms with Crippen molar-refractivity contribution in [1.82, 2.24) is 0 Å². The third-order valence-electron chi connectivity index (χ3n) is 12.2. The van der Waals surface area contributed by atoms with Crippen molar-refractivity contribution in [3.8, 4) is 0 Å². The average molecular weight is 672 g/mol. The summed E-state index contributed by atoms with van der Waals surface area (Å²) in [5.74, 6) is -0.819. The molecule has 0 spiro atoms. The molecule has 2 aromatic rings. The molecule has 6 rings (SSSR count). The van der Waals surface area contributed by atoms with E-state index in [1.54, 1.807) is 55.7 Å². The van der Waals surface area contributed by atoms with Crippen LogP contribution in [0.5, 0.6) is 0 Å². The molecule has 2 aromatic carbocycles. The number of hydrogen-bond donors (Lipinski definition) is 0. The van der Waals surface area contributed by atoms with Gasteiger partial charge in [-0.05, 0) is 0 Å². The van der Waals surface area contributed by atoms with Gasteiger partial charge in [0.1, 0.15) is 0 Å². The number of fused-ring (bicyclic) bond motifs is 4. The molecule has 215 valence electrons. The summed E-state index contributed by atoms with van der Waals surface area (Å²) in [7, 11) is 0. The molecule has 2 unspecified atom stereocenters. The van der Waals surface area contributed by atoms with Gasteiger partial charge in [-0.3, -0.25) is 0 Å². The first-order chi connectivity index (χ1) is 17.5. The Morgan fingerprint density at radius 3 is 1.30 bits per heavy atom. The molecule has 0 saturated heterocycles. The van der Waals surface area contributed by atoms with Crippen LogP contribution in [0.25, 0.3) is 12.2 Å². The Bertz CT molecular complexity index is 1330. The molecule has 0 bridgehead atoms. The molecular formula is C36H49Cl2SiZr. The molecule has 0 saturated carbocycles. The molecule has 0 N–H and O–H groups in total. The van der Waals surface area contributed by atoms with E-state index in [1.165, 1.54) is 12.8 Å². The first-order valence-corrected chi connectivity index (χ1v) is 25.0. The topological polar surface area (TPSA) is 0 Å². The minimum Gasteiger partial charge on any atom is -1.00 e. The van der Waals surface area contributed by atoms with E-state index in [9.17, 15) is 0 Å². The summed E-state index contributed by atoms with van der Waals surface area (Å²) in [4.78, 5) is 0. The van der Waals surface area contributed by atoms with Gasteiger partial charge in [-0.2, -0.15) is 0 Å². The average Bonchev–Trinajstić information content (AvgIpc) is 3.38. The minimum atomic E-state index is -1.97. The molecule has 0 nitrogen and oxygen atoms in total. The Morgan fingerprint density at radius 2 is 0.975 bits per heavy atom. The standard InChI is InChI=1S/2C17H21.C2H7Si.2ClH.Zr/c2*1-11-6-12-8-14-10-16(2,3)17(4,5)15(14)9-13(12)7-11;1-3-2;;;/h2*6-9H,10H2,1-5H3;3H,1-2H3;2*1H;/q;;;;;+2/p-2. The van der Waals surface area contributed by atoms with Crippen LogP contribution in [0.3, 0.4) is 0 Å². The predicted molar refractivity (Wildman–Crippen MR) is 166 cm³/mol. The van der Waals surface area contributed by atoms with E-state index < -0.39 is 26.8 Å². The van der Waals surface area contributed by atoms with E-state index >= 15 is 0 Å². The fourth-order valence-electron chi connectivity index (χ4n) is 8.56. The van der Waals surface area contributed by atoms with Crippen molar-refractivity contribution in [2.45, 2.75) is 113 Å². The summed E-state index contributed by atoms with van der Waals surface area (Å²) in [5.41, 5.74) is 17.5. The van der Waals surface area contributed by atoms with Crippen LogP contribution in [0, 0.1) is 10.8 Å². The molecule has 0 aromatic heterocycles. The van der Waals surface area contributed by atoms with Crippen molar-refractivity contribution in [2.75, 3.05) is 0 Å². The van der Waals surface area contributed by atoms with Crippen LogP contribution in [0.1, 0.15) is 121 Å². The van der Waals surface area contributed by atoms with Crippen LogP contribution in [0.15, 0.2) is 35.4 Å². The van der Waals surface area contributed by atoms with Crippen LogP contribution >= 0.6 is 0 Å². The second-order valence-electron chi connectivity index (χ2n) is 15.9. The van der Waals surface area contributed by atoms with Crippen LogP contribution in [-0.2, 0) is 44.6 Å². The van der Waals surface area contributed by atoms with Gasteiger partial charge in [-0.1, -0.05) is 0 Å². The summed E-state index contributed by atoms with van der Waals surface area (Å²) in [6.45, 7) is 30.1. The number of rotatable bonds is 3. The fourth-order valence-corrected chi connectivity index (χ4v) is 31.8. The maximum Gasteiger partial charge on any atom is -1.00 e. The van der Waals surface area contributed by atoms with Gasteiger partial charge in [-0.25, -0.2) is 0 Å². The van der Waals surface area contributed by atoms with Crippen molar-refractivity contribution < 1.29 is 45.7 Å². The van der Waals surface area contributed by atoms with Gasteiger partial charge in [0.2, 0.25) is 0 Å². The van der Waals surface area contributed by atoms with Crippen molar-refractivity contribution in [1.29, 1.82) is 0 Å². The Morgan fingerprint density at radius 1 is 0.625 bits per heavy atom. The van der Waals surface area contributed by atoms with Crippen molar-refractivity contribution in [3.63, 3.8) is 0 Å². The molecule has 2 atom stereocenters. The second kappa shape index (κ2) is 10.1. The van der Waals surface area contributed by atoms with E-state index in [-0.39, 0.29) is 35.6 Å². The molecule has 0 amide bonds. The quantitative estimate of drug-likeness (QED) is 0.438. The van der Waals surface area contributed by atoms with Gasteiger partial charge in [0.25, 0.3) is 0 Å². The number of benzene rings is 2. The monoisotopic (exact) mass is 669 g/mol. The van der Waals surface area contributed by atoms with Crippen LogP contribution < -0.4 is 24.8 Å². The Balaban J connectivity index is 0.00000185. The molecule has 40 heavy (non-hydrogen) atoms. The molecule has 0 fully saturated rings. The maximum absolute atomic E-state index is 2.71. The first kappa shape index (κ1) is 32.5. The van der Waals surface area contributed by atoms with Gasteiger partial charge >= 0.3 is 243 Å². The molecule has 0 heterocycles. The molecule has 4 heteroatoms. The molecule has 0 aliphatic heterocycles. The Hall–Kier alpha value is -0.400. The summed E-state index contributed by atoms with van der Waals surface area (Å²) < 4.78 is 1.49. The summed E-state index contributed by atoms with van der Waals surface area (Å²) in [6.07, 6.45) is 7.63. The second-order valence-corrected chi connectivity index (χ2v) is 36.0. The number of halogens is 2. The van der Waals surface area contributed by atoms with Gasteiger partial charge in [-0.15, -0.1) is 0 Å². The number of allylic oxidation sites excluding steroid dienone is 2. The minimum absolute atomic E-state index is 0. The zero-order chi connectivity index (χ0) is 27.7. The van der Waals surface area contributed by atoms with E-state index in [0.29, 0.717) is 10.8 Å². The normalized spacial score (nSPS) is 25.2. The van der Waals surface area contributed by atoms with Crippen molar-refractivity contribution in [2.24, 2.45) is 10.8 Å². The SMILES string of the molecule is CC1=Cc2cc3c(cc2[CH]1[Zr+2]([CH]1C(C)=Cc2cc4c(cc21)CC(C)(C)C4(C)C)[SiH](C)C)CC(C)(C)C3(C)C.[Cl-].[Cl-].